The molecule has 0 bridgehead atoms. The average molecular weight is 259 g/mol. The van der Waals surface area contributed by atoms with Gasteiger partial charge in [0.1, 0.15) is 12.4 Å². The molecule has 1 aromatic heterocycles. The first-order valence-electron chi connectivity index (χ1n) is 4.06. The Labute approximate surface area is 90.8 Å². The highest BCUT2D eigenvalue weighted by molar-refractivity contribution is 9.10. The molecule has 14 heavy (non-hydrogen) atoms. The van der Waals surface area contributed by atoms with Crippen molar-refractivity contribution >= 4 is 27.7 Å². The molecule has 0 saturated carbocycles. The number of hydrogen-bond donors (Lipinski definition) is 1. The molecule has 0 radical (unpaired) electrons. The third kappa shape index (κ3) is 2.99. The van der Waals surface area contributed by atoms with E-state index < -0.39 is 0 Å². The van der Waals surface area contributed by atoms with Crippen LogP contribution in [0.2, 0.25) is 0 Å². The number of carbonyl (C=O) groups excluding carboxylic acids is 1. The van der Waals surface area contributed by atoms with E-state index in [4.69, 9.17) is 0 Å². The molecule has 5 heteroatoms. The lowest BCUT2D eigenvalue weighted by atomic mass is 10.3. The van der Waals surface area contributed by atoms with Gasteiger partial charge >= 0.3 is 5.97 Å². The summed E-state index contributed by atoms with van der Waals surface area (Å²) in [6.45, 7) is 2.06. The van der Waals surface area contributed by atoms with Crippen molar-refractivity contribution in [2.75, 3.05) is 19.0 Å². The lowest BCUT2D eigenvalue weighted by Crippen LogP contribution is -2.15. The normalized spacial score (nSPS) is 9.64. The summed E-state index contributed by atoms with van der Waals surface area (Å²) in [7, 11) is 1.35. The Morgan fingerprint density at radius 1 is 1.71 bits per heavy atom. The molecule has 0 saturated heterocycles. The summed E-state index contributed by atoms with van der Waals surface area (Å²) < 4.78 is 5.33. The van der Waals surface area contributed by atoms with Gasteiger partial charge in [-0.25, -0.2) is 4.98 Å². The maximum absolute atomic E-state index is 10.8. The minimum Gasteiger partial charge on any atom is -0.468 e. The molecule has 1 rings (SSSR count). The number of anilines is 1. The molecule has 0 aromatic carbocycles. The van der Waals surface area contributed by atoms with Crippen LogP contribution in [-0.2, 0) is 9.53 Å². The second-order valence-electron chi connectivity index (χ2n) is 2.77. The van der Waals surface area contributed by atoms with E-state index in [0.717, 1.165) is 10.0 Å². The van der Waals surface area contributed by atoms with Crippen LogP contribution in [0.5, 0.6) is 0 Å². The fourth-order valence-electron chi connectivity index (χ4n) is 0.892. The molecule has 0 aliphatic heterocycles. The number of rotatable bonds is 3. The van der Waals surface area contributed by atoms with Crippen LogP contribution in [-0.4, -0.2) is 24.6 Å². The van der Waals surface area contributed by atoms with Gasteiger partial charge in [0.25, 0.3) is 0 Å². The van der Waals surface area contributed by atoms with Crippen molar-refractivity contribution in [3.63, 3.8) is 0 Å². The third-order valence-electron chi connectivity index (χ3n) is 1.61. The van der Waals surface area contributed by atoms with Gasteiger partial charge in [-0.05, 0) is 34.5 Å². The van der Waals surface area contributed by atoms with E-state index in [0.29, 0.717) is 5.82 Å². The molecule has 0 unspecified atom stereocenters. The van der Waals surface area contributed by atoms with Crippen molar-refractivity contribution in [2.24, 2.45) is 0 Å². The minimum atomic E-state index is -0.320. The summed E-state index contributed by atoms with van der Waals surface area (Å²) in [5.41, 5.74) is 1.06. The van der Waals surface area contributed by atoms with Gasteiger partial charge in [-0.15, -0.1) is 0 Å². The molecular weight excluding hydrogens is 248 g/mol. The van der Waals surface area contributed by atoms with E-state index >= 15 is 0 Å². The number of aryl methyl sites for hydroxylation is 1. The number of carbonyl (C=O) groups is 1. The number of halogens is 1. The second-order valence-corrected chi connectivity index (χ2v) is 3.63. The fourth-order valence-corrected chi connectivity index (χ4v) is 1.50. The van der Waals surface area contributed by atoms with Crippen molar-refractivity contribution < 1.29 is 9.53 Å². The molecule has 1 aromatic rings. The van der Waals surface area contributed by atoms with Gasteiger partial charge in [0.05, 0.1) is 11.6 Å². The minimum absolute atomic E-state index is 0.116. The Morgan fingerprint density at radius 2 is 2.43 bits per heavy atom. The van der Waals surface area contributed by atoms with Crippen LogP contribution in [0, 0.1) is 6.92 Å². The van der Waals surface area contributed by atoms with Crippen LogP contribution in [0.25, 0.3) is 0 Å². The average Bonchev–Trinajstić information content (AvgIpc) is 2.16. The Bertz CT molecular complexity index is 342. The van der Waals surface area contributed by atoms with Crippen molar-refractivity contribution in [2.45, 2.75) is 6.92 Å². The first-order chi connectivity index (χ1) is 6.63. The van der Waals surface area contributed by atoms with E-state index in [1.807, 2.05) is 13.0 Å². The monoisotopic (exact) mass is 258 g/mol. The molecule has 4 nitrogen and oxygen atoms in total. The second kappa shape index (κ2) is 4.95. The highest BCUT2D eigenvalue weighted by Gasteiger charge is 2.04. The number of aromatic nitrogens is 1. The quantitative estimate of drug-likeness (QED) is 0.840. The smallest absolute Gasteiger partial charge is 0.325 e. The maximum Gasteiger partial charge on any atom is 0.325 e. The number of ether oxygens (including phenoxy) is 1. The molecular formula is C9H11BrN2O2. The number of hydrogen-bond acceptors (Lipinski definition) is 4. The Balaban J connectivity index is 2.63. The predicted molar refractivity (Wildman–Crippen MR) is 57.2 cm³/mol. The van der Waals surface area contributed by atoms with Crippen molar-refractivity contribution in [1.82, 2.24) is 4.98 Å². The van der Waals surface area contributed by atoms with E-state index in [1.165, 1.54) is 7.11 Å². The summed E-state index contributed by atoms with van der Waals surface area (Å²) in [6.07, 6.45) is 1.73. The summed E-state index contributed by atoms with van der Waals surface area (Å²) in [6, 6.07) is 1.92. The van der Waals surface area contributed by atoms with Crippen LogP contribution in [0.1, 0.15) is 5.56 Å². The highest BCUT2D eigenvalue weighted by atomic mass is 79.9. The van der Waals surface area contributed by atoms with Gasteiger partial charge in [-0.3, -0.25) is 4.79 Å². The van der Waals surface area contributed by atoms with Gasteiger partial charge < -0.3 is 10.1 Å². The van der Waals surface area contributed by atoms with E-state index in [9.17, 15) is 4.79 Å². The maximum atomic E-state index is 10.8. The molecule has 1 heterocycles. The molecule has 0 spiro atoms. The molecule has 1 N–H and O–H groups in total. The zero-order chi connectivity index (χ0) is 10.6. The summed E-state index contributed by atoms with van der Waals surface area (Å²) in [5.74, 6) is 0.320. The number of nitrogens with one attached hydrogen (secondary N) is 1. The molecule has 76 valence electrons. The zero-order valence-electron chi connectivity index (χ0n) is 8.00. The van der Waals surface area contributed by atoms with E-state index in [2.05, 4.69) is 31.0 Å². The molecule has 0 amide bonds. The Hall–Kier alpha value is -1.10. The Morgan fingerprint density at radius 3 is 3.00 bits per heavy atom. The van der Waals surface area contributed by atoms with Gasteiger partial charge in [0.15, 0.2) is 0 Å². The van der Waals surface area contributed by atoms with Crippen LogP contribution < -0.4 is 5.32 Å². The van der Waals surface area contributed by atoms with Gasteiger partial charge in [-0.1, -0.05) is 0 Å². The standard InChI is InChI=1S/C9H11BrN2O2/c1-6-3-7(10)9(11-4-6)12-5-8(13)14-2/h3-4H,5H2,1-2H3,(H,11,12). The van der Waals surface area contributed by atoms with Crippen LogP contribution in [0.3, 0.4) is 0 Å². The summed E-state index contributed by atoms with van der Waals surface area (Å²) in [5, 5.41) is 2.86. The predicted octanol–water partition coefficient (Wildman–Crippen LogP) is 1.74. The van der Waals surface area contributed by atoms with E-state index in [1.54, 1.807) is 6.20 Å². The SMILES string of the molecule is COC(=O)CNc1ncc(C)cc1Br. The van der Waals surface area contributed by atoms with E-state index in [-0.39, 0.29) is 12.5 Å². The summed E-state index contributed by atoms with van der Waals surface area (Å²) in [4.78, 5) is 15.0. The number of pyridine rings is 1. The zero-order valence-corrected chi connectivity index (χ0v) is 9.59. The first-order valence-corrected chi connectivity index (χ1v) is 4.85. The van der Waals surface area contributed by atoms with Crippen LogP contribution in [0.4, 0.5) is 5.82 Å². The van der Waals surface area contributed by atoms with Crippen molar-refractivity contribution in [3.8, 4) is 0 Å². The van der Waals surface area contributed by atoms with Gasteiger partial charge in [-0.2, -0.15) is 0 Å². The topological polar surface area (TPSA) is 51.2 Å². The molecule has 0 fully saturated rings. The van der Waals surface area contributed by atoms with Crippen molar-refractivity contribution in [1.29, 1.82) is 0 Å². The molecule has 0 aliphatic rings. The van der Waals surface area contributed by atoms with Crippen LogP contribution >= 0.6 is 15.9 Å². The third-order valence-corrected chi connectivity index (χ3v) is 2.21. The lowest BCUT2D eigenvalue weighted by Gasteiger charge is -2.06. The largest absolute Gasteiger partial charge is 0.468 e. The van der Waals surface area contributed by atoms with Crippen LogP contribution in [0.15, 0.2) is 16.7 Å². The number of methoxy groups -OCH3 is 1. The summed E-state index contributed by atoms with van der Waals surface area (Å²) >= 11 is 3.34. The fraction of sp³-hybridized carbons (Fsp3) is 0.333. The van der Waals surface area contributed by atoms with Crippen molar-refractivity contribution in [3.05, 3.63) is 22.3 Å². The Kier molecular flexibility index (Phi) is 3.88. The highest BCUT2D eigenvalue weighted by Crippen LogP contribution is 2.19. The van der Waals surface area contributed by atoms with Gasteiger partial charge in [0, 0.05) is 6.20 Å². The number of esters is 1. The molecule has 0 atom stereocenters. The van der Waals surface area contributed by atoms with Gasteiger partial charge in [0.2, 0.25) is 0 Å². The number of nitrogens with zero attached hydrogens (tertiary/aromatic N) is 1. The lowest BCUT2D eigenvalue weighted by molar-refractivity contribution is -0.138. The first kappa shape index (κ1) is 11.0. The molecule has 0 aliphatic carbocycles.